The quantitative estimate of drug-likeness (QED) is 0.824. The Labute approximate surface area is 159 Å². The average molecular weight is 370 g/mol. The summed E-state index contributed by atoms with van der Waals surface area (Å²) in [5.41, 5.74) is 0.988. The Balaban J connectivity index is 1.40. The maximum atomic E-state index is 12.7. The van der Waals surface area contributed by atoms with E-state index in [2.05, 4.69) is 22.1 Å². The molecule has 7 heteroatoms. The van der Waals surface area contributed by atoms with Crippen molar-refractivity contribution in [1.82, 2.24) is 19.9 Å². The Hall–Kier alpha value is -2.25. The van der Waals surface area contributed by atoms with Crippen molar-refractivity contribution in [3.05, 3.63) is 47.6 Å². The number of likely N-dealkylation sites (tertiary alicyclic amines) is 2. The van der Waals surface area contributed by atoms with Crippen LogP contribution in [0.4, 0.5) is 0 Å². The van der Waals surface area contributed by atoms with Crippen molar-refractivity contribution < 1.29 is 14.1 Å². The van der Waals surface area contributed by atoms with Gasteiger partial charge in [0.15, 0.2) is 5.82 Å². The molecule has 144 valence electrons. The van der Waals surface area contributed by atoms with Gasteiger partial charge in [-0.3, -0.25) is 9.69 Å². The second kappa shape index (κ2) is 7.40. The summed E-state index contributed by atoms with van der Waals surface area (Å²) in [5, 5.41) is 4.16. The topological polar surface area (TPSA) is 71.7 Å². The van der Waals surface area contributed by atoms with Gasteiger partial charge < -0.3 is 14.2 Å². The number of aromatic nitrogens is 2. The first-order valence-corrected chi connectivity index (χ1v) is 9.46. The molecule has 1 aromatic heterocycles. The molecule has 1 amide bonds. The van der Waals surface area contributed by atoms with Gasteiger partial charge in [-0.2, -0.15) is 4.98 Å². The number of nitrogens with zero attached hydrogens (tertiary/aromatic N) is 4. The molecule has 0 N–H and O–H groups in total. The molecule has 1 aromatic carbocycles. The molecule has 27 heavy (non-hydrogen) atoms. The summed E-state index contributed by atoms with van der Waals surface area (Å²) in [7, 11) is 3.73. The molecule has 2 aromatic rings. The number of piperidine rings is 1. The van der Waals surface area contributed by atoms with Crippen LogP contribution in [0.2, 0.25) is 0 Å². The molecule has 2 aliphatic heterocycles. The summed E-state index contributed by atoms with van der Waals surface area (Å²) in [6.45, 7) is 2.94. The standard InChI is InChI=1S/C20H26N4O3/c1-23-14-20(12-16(23)18-21-17(13-26-2)27-22-18)8-10-24(11-9-20)19(25)15-6-4-3-5-7-15/h3-7,16H,8-14H2,1-2H3. The Morgan fingerprint density at radius 2 is 2.04 bits per heavy atom. The van der Waals surface area contributed by atoms with Gasteiger partial charge >= 0.3 is 0 Å². The van der Waals surface area contributed by atoms with Crippen LogP contribution in [0.5, 0.6) is 0 Å². The van der Waals surface area contributed by atoms with E-state index in [1.165, 1.54) is 0 Å². The van der Waals surface area contributed by atoms with E-state index in [0.29, 0.717) is 12.5 Å². The maximum absolute atomic E-state index is 12.7. The lowest BCUT2D eigenvalue weighted by Crippen LogP contribution is -2.44. The van der Waals surface area contributed by atoms with Crippen molar-refractivity contribution in [1.29, 1.82) is 0 Å². The van der Waals surface area contributed by atoms with Crippen molar-refractivity contribution in [2.45, 2.75) is 31.9 Å². The highest BCUT2D eigenvalue weighted by atomic mass is 16.5. The minimum Gasteiger partial charge on any atom is -0.375 e. The normalized spacial score (nSPS) is 22.4. The number of amides is 1. The molecular weight excluding hydrogens is 344 g/mol. The molecule has 0 aliphatic carbocycles. The van der Waals surface area contributed by atoms with Crippen LogP contribution in [-0.4, -0.2) is 59.6 Å². The van der Waals surface area contributed by atoms with Crippen molar-refractivity contribution >= 4 is 5.91 Å². The molecule has 2 saturated heterocycles. The fraction of sp³-hybridized carbons (Fsp3) is 0.550. The fourth-order valence-electron chi connectivity index (χ4n) is 4.45. The van der Waals surface area contributed by atoms with E-state index < -0.39 is 0 Å². The van der Waals surface area contributed by atoms with Crippen molar-refractivity contribution in [2.24, 2.45) is 5.41 Å². The van der Waals surface area contributed by atoms with Crippen molar-refractivity contribution in [3.8, 4) is 0 Å². The van der Waals surface area contributed by atoms with E-state index >= 15 is 0 Å². The third kappa shape index (κ3) is 3.61. The Morgan fingerprint density at radius 3 is 2.74 bits per heavy atom. The van der Waals surface area contributed by atoms with Crippen LogP contribution in [0, 0.1) is 5.41 Å². The van der Waals surface area contributed by atoms with E-state index in [9.17, 15) is 4.79 Å². The molecule has 1 atom stereocenters. The molecular formula is C20H26N4O3. The van der Waals surface area contributed by atoms with Crippen LogP contribution in [-0.2, 0) is 11.3 Å². The van der Waals surface area contributed by atoms with Gasteiger partial charge in [-0.05, 0) is 43.9 Å². The van der Waals surface area contributed by atoms with E-state index in [1.807, 2.05) is 35.2 Å². The zero-order chi connectivity index (χ0) is 18.9. The lowest BCUT2D eigenvalue weighted by molar-refractivity contribution is 0.0593. The van der Waals surface area contributed by atoms with Gasteiger partial charge in [-0.1, -0.05) is 23.4 Å². The molecule has 2 fully saturated rings. The van der Waals surface area contributed by atoms with Gasteiger partial charge in [0.05, 0.1) is 6.04 Å². The van der Waals surface area contributed by atoms with Crippen LogP contribution < -0.4 is 0 Å². The lowest BCUT2D eigenvalue weighted by atomic mass is 9.76. The van der Waals surface area contributed by atoms with Crippen LogP contribution in [0.15, 0.2) is 34.9 Å². The number of carbonyl (C=O) groups is 1. The summed E-state index contributed by atoms with van der Waals surface area (Å²) in [6, 6.07) is 9.71. The molecule has 0 radical (unpaired) electrons. The Bertz CT molecular complexity index is 784. The number of benzene rings is 1. The monoisotopic (exact) mass is 370 g/mol. The predicted octanol–water partition coefficient (Wildman–Crippen LogP) is 2.52. The number of carbonyl (C=O) groups excluding carboxylic acids is 1. The minimum atomic E-state index is 0.135. The van der Waals surface area contributed by atoms with Gasteiger partial charge in [-0.25, -0.2) is 0 Å². The van der Waals surface area contributed by atoms with Crippen LogP contribution in [0.3, 0.4) is 0 Å². The smallest absolute Gasteiger partial charge is 0.253 e. The van der Waals surface area contributed by atoms with E-state index in [4.69, 9.17) is 9.26 Å². The third-order valence-corrected chi connectivity index (χ3v) is 5.92. The number of methoxy groups -OCH3 is 1. The zero-order valence-electron chi connectivity index (χ0n) is 15.9. The van der Waals surface area contributed by atoms with Crippen LogP contribution in [0.25, 0.3) is 0 Å². The number of ether oxygens (including phenoxy) is 1. The van der Waals surface area contributed by atoms with Crippen LogP contribution in [0.1, 0.15) is 47.4 Å². The average Bonchev–Trinajstić information content (AvgIpc) is 3.27. The predicted molar refractivity (Wildman–Crippen MR) is 99.0 cm³/mol. The summed E-state index contributed by atoms with van der Waals surface area (Å²) >= 11 is 0. The highest BCUT2D eigenvalue weighted by Crippen LogP contribution is 2.47. The molecule has 7 nitrogen and oxygen atoms in total. The molecule has 1 unspecified atom stereocenters. The largest absolute Gasteiger partial charge is 0.375 e. The first-order chi connectivity index (χ1) is 13.1. The second-order valence-electron chi connectivity index (χ2n) is 7.77. The lowest BCUT2D eigenvalue weighted by Gasteiger charge is -2.39. The molecule has 0 bridgehead atoms. The zero-order valence-corrected chi connectivity index (χ0v) is 15.9. The summed E-state index contributed by atoms with van der Waals surface area (Å²) < 4.78 is 10.3. The minimum absolute atomic E-state index is 0.135. The maximum Gasteiger partial charge on any atom is 0.253 e. The second-order valence-corrected chi connectivity index (χ2v) is 7.77. The van der Waals surface area contributed by atoms with Gasteiger partial charge in [0.25, 0.3) is 11.8 Å². The van der Waals surface area contributed by atoms with Gasteiger partial charge in [0, 0.05) is 32.3 Å². The first-order valence-electron chi connectivity index (χ1n) is 9.46. The number of hydrogen-bond donors (Lipinski definition) is 0. The van der Waals surface area contributed by atoms with Crippen LogP contribution >= 0.6 is 0 Å². The molecule has 1 spiro atoms. The summed E-state index contributed by atoms with van der Waals surface area (Å²) in [5.74, 6) is 1.39. The summed E-state index contributed by atoms with van der Waals surface area (Å²) in [6.07, 6.45) is 3.02. The van der Waals surface area contributed by atoms with E-state index in [-0.39, 0.29) is 17.4 Å². The SMILES string of the molecule is COCc1nc(C2CC3(CCN(C(=O)c4ccccc4)CC3)CN2C)no1. The third-order valence-electron chi connectivity index (χ3n) is 5.92. The highest BCUT2D eigenvalue weighted by Gasteiger charge is 2.46. The first kappa shape index (κ1) is 18.1. The Kier molecular flexibility index (Phi) is 4.97. The highest BCUT2D eigenvalue weighted by molar-refractivity contribution is 5.94. The molecule has 4 rings (SSSR count). The molecule has 0 saturated carbocycles. The fourth-order valence-corrected chi connectivity index (χ4v) is 4.45. The Morgan fingerprint density at radius 1 is 1.30 bits per heavy atom. The molecule has 2 aliphatic rings. The summed E-state index contributed by atoms with van der Waals surface area (Å²) in [4.78, 5) is 21.5. The van der Waals surface area contributed by atoms with Crippen molar-refractivity contribution in [2.75, 3.05) is 33.8 Å². The number of rotatable bonds is 4. The molecule has 3 heterocycles. The van der Waals surface area contributed by atoms with Crippen molar-refractivity contribution in [3.63, 3.8) is 0 Å². The van der Waals surface area contributed by atoms with E-state index in [1.54, 1.807) is 7.11 Å². The van der Waals surface area contributed by atoms with Gasteiger partial charge in [0.1, 0.15) is 6.61 Å². The van der Waals surface area contributed by atoms with Gasteiger partial charge in [-0.15, -0.1) is 0 Å². The van der Waals surface area contributed by atoms with Gasteiger partial charge in [0.2, 0.25) is 0 Å². The number of hydrogen-bond acceptors (Lipinski definition) is 6. The van der Waals surface area contributed by atoms with E-state index in [0.717, 1.165) is 50.3 Å².